The molecule has 0 aliphatic heterocycles. The minimum Gasteiger partial charge on any atom is -0.466 e. The maximum atomic E-state index is 10.5. The van der Waals surface area contributed by atoms with Gasteiger partial charge in [0, 0.05) is 6.92 Å². The summed E-state index contributed by atoms with van der Waals surface area (Å²) in [6.45, 7) is 4.11. The third-order valence-corrected chi connectivity index (χ3v) is 2.86. The third kappa shape index (κ3) is 13.4. The number of aliphatic hydroxyl groups excluding tert-OH is 1. The molecule has 0 aliphatic carbocycles. The van der Waals surface area contributed by atoms with Crippen LogP contribution in [0.15, 0.2) is 0 Å². The van der Waals surface area contributed by atoms with Gasteiger partial charge in [-0.3, -0.25) is 4.79 Å². The predicted octanol–water partition coefficient (Wildman–Crippen LogP) is 3.44. The maximum absolute atomic E-state index is 10.5. The van der Waals surface area contributed by atoms with Gasteiger partial charge in [-0.2, -0.15) is 0 Å². The van der Waals surface area contributed by atoms with Crippen molar-refractivity contribution >= 4 is 5.97 Å². The minimum atomic E-state index is -0.185. The van der Waals surface area contributed by atoms with E-state index >= 15 is 0 Å². The van der Waals surface area contributed by atoms with Gasteiger partial charge in [-0.15, -0.1) is 0 Å². The fraction of sp³-hybridized carbons (Fsp3) is 0.929. The van der Waals surface area contributed by atoms with Gasteiger partial charge in [0.1, 0.15) is 0 Å². The van der Waals surface area contributed by atoms with E-state index in [4.69, 9.17) is 4.74 Å². The monoisotopic (exact) mass is 244 g/mol. The van der Waals surface area contributed by atoms with E-state index in [2.05, 4.69) is 6.92 Å². The van der Waals surface area contributed by atoms with Gasteiger partial charge in [-0.1, -0.05) is 45.4 Å². The molecule has 0 rings (SSSR count). The molecule has 0 radical (unpaired) electrons. The molecule has 3 heteroatoms. The van der Waals surface area contributed by atoms with E-state index in [1.807, 2.05) is 0 Å². The van der Waals surface area contributed by atoms with Crippen LogP contribution in [0.5, 0.6) is 0 Å². The van der Waals surface area contributed by atoms with Gasteiger partial charge in [-0.25, -0.2) is 0 Å². The summed E-state index contributed by atoms with van der Waals surface area (Å²) in [5.41, 5.74) is 0. The number of carbonyl (C=O) groups excluding carboxylic acids is 1. The molecule has 0 bridgehead atoms. The number of rotatable bonds is 11. The van der Waals surface area contributed by atoms with E-state index in [0.29, 0.717) is 6.61 Å². The Morgan fingerprint density at radius 1 is 1.06 bits per heavy atom. The van der Waals surface area contributed by atoms with Crippen LogP contribution in [-0.2, 0) is 9.53 Å². The molecule has 0 aliphatic rings. The highest BCUT2D eigenvalue weighted by Crippen LogP contribution is 2.11. The molecule has 1 atom stereocenters. The SMILES string of the molecule is CCCC(O)CCCCCCCCOC(C)=O. The summed E-state index contributed by atoms with van der Waals surface area (Å²) >= 11 is 0. The molecule has 0 heterocycles. The number of carbonyl (C=O) groups is 1. The number of hydrogen-bond donors (Lipinski definition) is 1. The standard InChI is InChI=1S/C14H28O3/c1-3-10-14(16)11-8-6-4-5-7-9-12-17-13(2)15/h14,16H,3-12H2,1-2H3. The van der Waals surface area contributed by atoms with Crippen molar-refractivity contribution in [2.45, 2.75) is 77.7 Å². The van der Waals surface area contributed by atoms with Crippen LogP contribution in [0.25, 0.3) is 0 Å². The second-order valence-electron chi connectivity index (χ2n) is 4.69. The highest BCUT2D eigenvalue weighted by molar-refractivity contribution is 5.65. The Morgan fingerprint density at radius 3 is 2.24 bits per heavy atom. The van der Waals surface area contributed by atoms with Crippen molar-refractivity contribution in [3.8, 4) is 0 Å². The van der Waals surface area contributed by atoms with Crippen LogP contribution in [0.1, 0.15) is 71.6 Å². The molecule has 0 amide bonds. The summed E-state index contributed by atoms with van der Waals surface area (Å²) < 4.78 is 4.86. The second-order valence-corrected chi connectivity index (χ2v) is 4.69. The largest absolute Gasteiger partial charge is 0.466 e. The van der Waals surface area contributed by atoms with E-state index in [-0.39, 0.29) is 12.1 Å². The number of hydrogen-bond acceptors (Lipinski definition) is 3. The van der Waals surface area contributed by atoms with E-state index < -0.39 is 0 Å². The zero-order chi connectivity index (χ0) is 12.9. The summed E-state index contributed by atoms with van der Waals surface area (Å²) in [7, 11) is 0. The molecule has 102 valence electrons. The van der Waals surface area contributed by atoms with Crippen LogP contribution in [0.3, 0.4) is 0 Å². The molecule has 0 spiro atoms. The van der Waals surface area contributed by atoms with Crippen LogP contribution in [0.2, 0.25) is 0 Å². The van der Waals surface area contributed by atoms with Crippen molar-refractivity contribution in [2.24, 2.45) is 0 Å². The number of esters is 1. The molecule has 0 saturated heterocycles. The zero-order valence-corrected chi connectivity index (χ0v) is 11.4. The lowest BCUT2D eigenvalue weighted by molar-refractivity contribution is -0.141. The molecular formula is C14H28O3. The Balaban J connectivity index is 3.05. The second kappa shape index (κ2) is 11.9. The molecule has 0 aromatic carbocycles. The van der Waals surface area contributed by atoms with Crippen molar-refractivity contribution in [1.82, 2.24) is 0 Å². The lowest BCUT2D eigenvalue weighted by atomic mass is 10.0. The maximum Gasteiger partial charge on any atom is 0.302 e. The fourth-order valence-corrected chi connectivity index (χ4v) is 1.88. The van der Waals surface area contributed by atoms with Gasteiger partial charge in [0.2, 0.25) is 0 Å². The lowest BCUT2D eigenvalue weighted by Crippen LogP contribution is -2.04. The zero-order valence-electron chi connectivity index (χ0n) is 11.4. The third-order valence-electron chi connectivity index (χ3n) is 2.86. The van der Waals surface area contributed by atoms with Crippen LogP contribution < -0.4 is 0 Å². The van der Waals surface area contributed by atoms with Crippen molar-refractivity contribution in [2.75, 3.05) is 6.61 Å². The van der Waals surface area contributed by atoms with Crippen molar-refractivity contribution in [3.63, 3.8) is 0 Å². The smallest absolute Gasteiger partial charge is 0.302 e. The molecule has 0 saturated carbocycles. The molecule has 1 unspecified atom stereocenters. The van der Waals surface area contributed by atoms with E-state index in [1.165, 1.54) is 26.2 Å². The minimum absolute atomic E-state index is 0.0935. The Hall–Kier alpha value is -0.570. The van der Waals surface area contributed by atoms with Gasteiger partial charge in [0.25, 0.3) is 0 Å². The lowest BCUT2D eigenvalue weighted by Gasteiger charge is -2.08. The molecule has 1 N–H and O–H groups in total. The number of ether oxygens (including phenoxy) is 1. The van der Waals surface area contributed by atoms with Crippen LogP contribution in [0.4, 0.5) is 0 Å². The Bertz CT molecular complexity index is 180. The van der Waals surface area contributed by atoms with Gasteiger partial charge in [0.15, 0.2) is 0 Å². The normalized spacial score (nSPS) is 12.4. The van der Waals surface area contributed by atoms with Crippen molar-refractivity contribution in [1.29, 1.82) is 0 Å². The van der Waals surface area contributed by atoms with E-state index in [1.54, 1.807) is 0 Å². The molecule has 0 aromatic rings. The Kier molecular flexibility index (Phi) is 11.5. The first-order chi connectivity index (χ1) is 8.16. The highest BCUT2D eigenvalue weighted by Gasteiger charge is 2.01. The topological polar surface area (TPSA) is 46.5 Å². The molecule has 17 heavy (non-hydrogen) atoms. The molecule has 3 nitrogen and oxygen atoms in total. The Labute approximate surface area is 106 Å². The summed E-state index contributed by atoms with van der Waals surface area (Å²) in [5.74, 6) is -0.185. The number of aliphatic hydroxyl groups is 1. The summed E-state index contributed by atoms with van der Waals surface area (Å²) in [5, 5.41) is 9.53. The summed E-state index contributed by atoms with van der Waals surface area (Å²) in [6.07, 6.45) is 9.71. The highest BCUT2D eigenvalue weighted by atomic mass is 16.5. The van der Waals surface area contributed by atoms with Crippen LogP contribution in [0, 0.1) is 0 Å². The first-order valence-corrected chi connectivity index (χ1v) is 6.98. The van der Waals surface area contributed by atoms with E-state index in [9.17, 15) is 9.90 Å². The summed E-state index contributed by atoms with van der Waals surface area (Å²) in [6, 6.07) is 0. The Morgan fingerprint density at radius 2 is 1.65 bits per heavy atom. The average molecular weight is 244 g/mol. The van der Waals surface area contributed by atoms with Gasteiger partial charge in [-0.05, 0) is 19.3 Å². The van der Waals surface area contributed by atoms with Crippen LogP contribution >= 0.6 is 0 Å². The number of unbranched alkanes of at least 4 members (excludes halogenated alkanes) is 5. The summed E-state index contributed by atoms with van der Waals surface area (Å²) in [4.78, 5) is 10.5. The van der Waals surface area contributed by atoms with E-state index in [0.717, 1.165) is 38.5 Å². The molecule has 0 aromatic heterocycles. The molecular weight excluding hydrogens is 216 g/mol. The average Bonchev–Trinajstić information content (AvgIpc) is 2.27. The van der Waals surface area contributed by atoms with Gasteiger partial charge < -0.3 is 9.84 Å². The van der Waals surface area contributed by atoms with Crippen LogP contribution in [-0.4, -0.2) is 23.8 Å². The quantitative estimate of drug-likeness (QED) is 0.447. The van der Waals surface area contributed by atoms with Gasteiger partial charge in [0.05, 0.1) is 12.7 Å². The van der Waals surface area contributed by atoms with Gasteiger partial charge >= 0.3 is 5.97 Å². The first-order valence-electron chi connectivity index (χ1n) is 6.98. The predicted molar refractivity (Wildman–Crippen MR) is 69.9 cm³/mol. The first kappa shape index (κ1) is 16.4. The van der Waals surface area contributed by atoms with Crippen molar-refractivity contribution < 1.29 is 14.6 Å². The molecule has 0 fully saturated rings. The fourth-order valence-electron chi connectivity index (χ4n) is 1.88. The van der Waals surface area contributed by atoms with Crippen molar-refractivity contribution in [3.05, 3.63) is 0 Å².